The molecule has 0 aliphatic heterocycles. The quantitative estimate of drug-likeness (QED) is 0.341. The molecule has 1 unspecified atom stereocenters. The standard InChI is InChI=1S/C26H31F4N7O3/c1-14-21(36-40-35-14)24(39)34-23(16-5-9-26(29,30)10-6-16)18-13-37-19(32-18)11-17(12-31-37)22(15-3-4-15)33-20(38)7-8-25(2,27)28/h11-13,15-16,22-23H,3-10H2,1-2H3,(H,33,38)(H,34,39)/t22?,23-/m0/s1. The number of hydrogen-bond donors (Lipinski definition) is 2. The van der Waals surface area contributed by atoms with E-state index in [1.165, 1.54) is 4.52 Å². The molecule has 3 aromatic rings. The number of hydrogen-bond acceptors (Lipinski definition) is 7. The molecule has 2 aliphatic carbocycles. The zero-order valence-electron chi connectivity index (χ0n) is 22.2. The second-order valence-electron chi connectivity index (χ2n) is 11.1. The average Bonchev–Trinajstić information content (AvgIpc) is 3.49. The van der Waals surface area contributed by atoms with E-state index in [2.05, 4.69) is 35.7 Å². The van der Waals surface area contributed by atoms with E-state index in [0.717, 1.165) is 19.8 Å². The van der Waals surface area contributed by atoms with E-state index >= 15 is 0 Å². The van der Waals surface area contributed by atoms with Gasteiger partial charge >= 0.3 is 0 Å². The van der Waals surface area contributed by atoms with Gasteiger partial charge in [-0.25, -0.2) is 31.7 Å². The number of imidazole rings is 1. The molecule has 0 spiro atoms. The van der Waals surface area contributed by atoms with Crippen molar-refractivity contribution in [3.8, 4) is 0 Å². The fourth-order valence-corrected chi connectivity index (χ4v) is 5.19. The molecule has 2 fully saturated rings. The zero-order chi connectivity index (χ0) is 28.7. The minimum absolute atomic E-state index is 0.000771. The van der Waals surface area contributed by atoms with Crippen LogP contribution in [0.25, 0.3) is 5.65 Å². The Morgan fingerprint density at radius 1 is 1.12 bits per heavy atom. The highest BCUT2D eigenvalue weighted by Gasteiger charge is 2.40. The molecule has 5 rings (SSSR count). The smallest absolute Gasteiger partial charge is 0.276 e. The summed E-state index contributed by atoms with van der Waals surface area (Å²) in [6, 6.07) is 0.669. The SMILES string of the molecule is Cc1nonc1C(=O)N[C@H](c1cn2ncc(C(NC(=O)CCC(C)(F)F)C3CC3)cc2n1)C1CCC(F)(F)CC1. The minimum Gasteiger partial charge on any atom is -0.349 e. The molecule has 2 N–H and O–H groups in total. The van der Waals surface area contributed by atoms with Gasteiger partial charge in [-0.1, -0.05) is 5.16 Å². The van der Waals surface area contributed by atoms with Crippen LogP contribution in [0, 0.1) is 18.8 Å². The lowest BCUT2D eigenvalue weighted by atomic mass is 9.81. The molecule has 2 amide bonds. The number of nitrogens with zero attached hydrogens (tertiary/aromatic N) is 5. The highest BCUT2D eigenvalue weighted by Crippen LogP contribution is 2.43. The van der Waals surface area contributed by atoms with Gasteiger partial charge in [0.25, 0.3) is 5.91 Å². The summed E-state index contributed by atoms with van der Waals surface area (Å²) in [7, 11) is 0. The van der Waals surface area contributed by atoms with Gasteiger partial charge < -0.3 is 10.6 Å². The van der Waals surface area contributed by atoms with Crippen molar-refractivity contribution >= 4 is 17.5 Å². The van der Waals surface area contributed by atoms with Gasteiger partial charge in [0.15, 0.2) is 11.3 Å². The Hall–Kier alpha value is -3.58. The molecule has 0 aromatic carbocycles. The Kier molecular flexibility index (Phi) is 7.53. The van der Waals surface area contributed by atoms with Crippen LogP contribution in [0.1, 0.15) is 97.8 Å². The summed E-state index contributed by atoms with van der Waals surface area (Å²) < 4.78 is 60.5. The lowest BCUT2D eigenvalue weighted by Gasteiger charge is -2.33. The van der Waals surface area contributed by atoms with E-state index in [9.17, 15) is 27.2 Å². The van der Waals surface area contributed by atoms with Crippen LogP contribution < -0.4 is 10.6 Å². The Morgan fingerprint density at radius 3 is 2.45 bits per heavy atom. The van der Waals surface area contributed by atoms with Crippen molar-refractivity contribution in [2.45, 2.75) is 89.1 Å². The molecular formula is C26H31F4N7O3. The third-order valence-electron chi connectivity index (χ3n) is 7.63. The van der Waals surface area contributed by atoms with Gasteiger partial charge in [-0.2, -0.15) is 5.10 Å². The van der Waals surface area contributed by atoms with Crippen molar-refractivity contribution in [2.24, 2.45) is 11.8 Å². The number of amides is 2. The van der Waals surface area contributed by atoms with Gasteiger partial charge in [-0.3, -0.25) is 9.59 Å². The van der Waals surface area contributed by atoms with Crippen LogP contribution in [0.2, 0.25) is 0 Å². The van der Waals surface area contributed by atoms with Gasteiger partial charge in [0, 0.05) is 25.7 Å². The monoisotopic (exact) mass is 565 g/mol. The van der Waals surface area contributed by atoms with E-state index in [1.807, 2.05) is 0 Å². The Bertz CT molecular complexity index is 1370. The van der Waals surface area contributed by atoms with Gasteiger partial charge in [0.05, 0.1) is 30.2 Å². The third-order valence-corrected chi connectivity index (χ3v) is 7.63. The Labute approximate surface area is 227 Å². The van der Waals surface area contributed by atoms with Gasteiger partial charge in [0.2, 0.25) is 17.8 Å². The molecule has 2 atom stereocenters. The van der Waals surface area contributed by atoms with Crippen LogP contribution in [0.5, 0.6) is 0 Å². The summed E-state index contributed by atoms with van der Waals surface area (Å²) in [6.07, 6.45) is 3.95. The number of alkyl halides is 4. The third kappa shape index (κ3) is 6.58. The lowest BCUT2D eigenvalue weighted by Crippen LogP contribution is -2.37. The molecule has 40 heavy (non-hydrogen) atoms. The fourth-order valence-electron chi connectivity index (χ4n) is 5.19. The van der Waals surface area contributed by atoms with E-state index in [-0.39, 0.29) is 49.6 Å². The van der Waals surface area contributed by atoms with E-state index in [4.69, 9.17) is 0 Å². The summed E-state index contributed by atoms with van der Waals surface area (Å²) in [4.78, 5) is 30.1. The van der Waals surface area contributed by atoms with E-state index < -0.39 is 42.2 Å². The summed E-state index contributed by atoms with van der Waals surface area (Å²) in [5, 5.41) is 17.5. The number of carbonyl (C=O) groups is 2. The molecule has 2 saturated carbocycles. The van der Waals surface area contributed by atoms with Crippen molar-refractivity contribution < 1.29 is 31.8 Å². The van der Waals surface area contributed by atoms with Crippen LogP contribution in [-0.4, -0.2) is 48.6 Å². The Balaban J connectivity index is 1.39. The molecule has 0 radical (unpaired) electrons. The van der Waals surface area contributed by atoms with Gasteiger partial charge in [0.1, 0.15) is 5.69 Å². The van der Waals surface area contributed by atoms with Gasteiger partial charge in [-0.05, 0) is 68.2 Å². The second kappa shape index (κ2) is 10.8. The van der Waals surface area contributed by atoms with Crippen molar-refractivity contribution in [1.82, 2.24) is 35.5 Å². The molecular weight excluding hydrogens is 534 g/mol. The second-order valence-corrected chi connectivity index (χ2v) is 11.1. The number of aryl methyl sites for hydroxylation is 1. The molecule has 14 heteroatoms. The summed E-state index contributed by atoms with van der Waals surface area (Å²) in [5.74, 6) is -6.83. The molecule has 0 bridgehead atoms. The highest BCUT2D eigenvalue weighted by atomic mass is 19.3. The molecule has 216 valence electrons. The van der Waals surface area contributed by atoms with Crippen LogP contribution in [-0.2, 0) is 4.79 Å². The predicted octanol–water partition coefficient (Wildman–Crippen LogP) is 4.72. The van der Waals surface area contributed by atoms with Gasteiger partial charge in [-0.15, -0.1) is 0 Å². The predicted molar refractivity (Wildman–Crippen MR) is 133 cm³/mol. The molecule has 3 aromatic heterocycles. The number of halogens is 4. The Morgan fingerprint density at radius 2 is 1.82 bits per heavy atom. The number of rotatable bonds is 10. The first-order chi connectivity index (χ1) is 18.9. The number of nitrogens with one attached hydrogen (secondary N) is 2. The van der Waals surface area contributed by atoms with Crippen molar-refractivity contribution in [1.29, 1.82) is 0 Å². The highest BCUT2D eigenvalue weighted by molar-refractivity contribution is 5.93. The first kappa shape index (κ1) is 28.0. The zero-order valence-corrected chi connectivity index (χ0v) is 22.2. The number of carbonyl (C=O) groups excluding carboxylic acids is 2. The maximum absolute atomic E-state index is 13.9. The molecule has 2 aliphatic rings. The number of fused-ring (bicyclic) bond motifs is 1. The average molecular weight is 566 g/mol. The lowest BCUT2D eigenvalue weighted by molar-refractivity contribution is -0.123. The van der Waals surface area contributed by atoms with Crippen molar-refractivity contribution in [2.75, 3.05) is 0 Å². The van der Waals surface area contributed by atoms with Crippen LogP contribution in [0.4, 0.5) is 17.6 Å². The largest absolute Gasteiger partial charge is 0.349 e. The fraction of sp³-hybridized carbons (Fsp3) is 0.615. The maximum Gasteiger partial charge on any atom is 0.276 e. The summed E-state index contributed by atoms with van der Waals surface area (Å²) in [5.41, 5.74) is 1.86. The van der Waals surface area contributed by atoms with Crippen LogP contribution >= 0.6 is 0 Å². The number of aromatic nitrogens is 5. The van der Waals surface area contributed by atoms with E-state index in [1.54, 1.807) is 25.4 Å². The summed E-state index contributed by atoms with van der Waals surface area (Å²) in [6.45, 7) is 2.35. The normalized spacial score (nSPS) is 19.4. The van der Waals surface area contributed by atoms with Crippen LogP contribution in [0.3, 0.4) is 0 Å². The van der Waals surface area contributed by atoms with Crippen molar-refractivity contribution in [3.63, 3.8) is 0 Å². The van der Waals surface area contributed by atoms with E-state index in [0.29, 0.717) is 22.6 Å². The summed E-state index contributed by atoms with van der Waals surface area (Å²) >= 11 is 0. The molecule has 0 saturated heterocycles. The molecule has 3 heterocycles. The maximum atomic E-state index is 13.9. The van der Waals surface area contributed by atoms with Crippen LogP contribution in [0.15, 0.2) is 23.1 Å². The minimum atomic E-state index is -2.93. The molecule has 10 nitrogen and oxygen atoms in total. The topological polar surface area (TPSA) is 127 Å². The van der Waals surface area contributed by atoms with Crippen molar-refractivity contribution in [3.05, 3.63) is 41.1 Å². The first-order valence-electron chi connectivity index (χ1n) is 13.4. The first-order valence-corrected chi connectivity index (χ1v) is 13.4.